The molecule has 0 unspecified atom stereocenters. The van der Waals surface area contributed by atoms with Crippen molar-refractivity contribution >= 4 is 43.6 Å². The maximum absolute atomic E-state index is 5.26. The van der Waals surface area contributed by atoms with Crippen molar-refractivity contribution in [1.29, 1.82) is 0 Å². The first-order valence-electron chi connectivity index (χ1n) is 15.5. The first-order valence-corrected chi connectivity index (χ1v) is 15.5. The van der Waals surface area contributed by atoms with Crippen LogP contribution in [0.2, 0.25) is 0 Å². The molecule has 0 aliphatic carbocycles. The van der Waals surface area contributed by atoms with Gasteiger partial charge in [-0.3, -0.25) is 0 Å². The van der Waals surface area contributed by atoms with Gasteiger partial charge in [-0.1, -0.05) is 133 Å². The lowest BCUT2D eigenvalue weighted by molar-refractivity contribution is 1.39. The van der Waals surface area contributed by atoms with Crippen molar-refractivity contribution in [3.8, 4) is 44.8 Å². The molecule has 0 N–H and O–H groups in total. The van der Waals surface area contributed by atoms with Crippen molar-refractivity contribution in [3.05, 3.63) is 164 Å². The molecule has 0 saturated heterocycles. The maximum atomic E-state index is 5.26. The molecule has 0 atom stereocenters. The number of fused-ring (bicyclic) bond motifs is 5. The maximum Gasteiger partial charge on any atom is 0.0978 e. The second-order valence-electron chi connectivity index (χ2n) is 11.6. The molecule has 214 valence electrons. The van der Waals surface area contributed by atoms with E-state index in [1.165, 1.54) is 11.1 Å². The summed E-state index contributed by atoms with van der Waals surface area (Å²) in [7, 11) is 0. The Labute approximate surface area is 266 Å². The van der Waals surface area contributed by atoms with Gasteiger partial charge >= 0.3 is 0 Å². The molecule has 0 amide bonds. The third-order valence-corrected chi connectivity index (χ3v) is 8.84. The largest absolute Gasteiger partial charge is 0.248 e. The molecule has 6 aromatic carbocycles. The van der Waals surface area contributed by atoms with Crippen LogP contribution in [-0.4, -0.2) is 15.0 Å². The Balaban J connectivity index is 1.13. The van der Waals surface area contributed by atoms with E-state index < -0.39 is 0 Å². The fourth-order valence-corrected chi connectivity index (χ4v) is 6.53. The van der Waals surface area contributed by atoms with E-state index in [0.717, 1.165) is 77.3 Å². The predicted molar refractivity (Wildman–Crippen MR) is 192 cm³/mol. The van der Waals surface area contributed by atoms with Crippen LogP contribution < -0.4 is 0 Å². The smallest absolute Gasteiger partial charge is 0.0978 e. The number of pyridine rings is 3. The Bertz CT molecular complexity index is 2570. The minimum absolute atomic E-state index is 0.913. The van der Waals surface area contributed by atoms with Crippen molar-refractivity contribution in [2.24, 2.45) is 0 Å². The van der Waals surface area contributed by atoms with Crippen molar-refractivity contribution in [3.63, 3.8) is 0 Å². The van der Waals surface area contributed by atoms with E-state index in [9.17, 15) is 0 Å². The molecule has 0 bridgehead atoms. The van der Waals surface area contributed by atoms with E-state index in [-0.39, 0.29) is 0 Å². The highest BCUT2D eigenvalue weighted by molar-refractivity contribution is 6.16. The molecule has 3 heteroatoms. The molecule has 3 aromatic heterocycles. The second-order valence-corrected chi connectivity index (χ2v) is 11.6. The van der Waals surface area contributed by atoms with Crippen LogP contribution in [0.15, 0.2) is 164 Å². The van der Waals surface area contributed by atoms with Crippen LogP contribution in [0.5, 0.6) is 0 Å². The van der Waals surface area contributed by atoms with Crippen molar-refractivity contribution in [2.75, 3.05) is 0 Å². The number of hydrogen-bond donors (Lipinski definition) is 0. The quantitative estimate of drug-likeness (QED) is 0.152. The SMILES string of the molecule is c1ccc(-c2c3ccccc3nc3c2ccc2ccc(-c4cccc(-c5ccc(-c6ccc7ccccc7n6)cc5)c4)nc23)cc1. The van der Waals surface area contributed by atoms with Gasteiger partial charge in [-0.25, -0.2) is 15.0 Å². The summed E-state index contributed by atoms with van der Waals surface area (Å²) < 4.78 is 0. The number of aromatic nitrogens is 3. The molecule has 3 nitrogen and oxygen atoms in total. The van der Waals surface area contributed by atoms with Crippen molar-refractivity contribution < 1.29 is 0 Å². The number of benzene rings is 6. The highest BCUT2D eigenvalue weighted by atomic mass is 14.8. The third-order valence-electron chi connectivity index (χ3n) is 8.84. The highest BCUT2D eigenvalue weighted by Crippen LogP contribution is 2.38. The van der Waals surface area contributed by atoms with Gasteiger partial charge in [0.1, 0.15) is 0 Å². The molecule has 0 fully saturated rings. The molecule has 0 aliphatic heterocycles. The summed E-state index contributed by atoms with van der Waals surface area (Å²) >= 11 is 0. The van der Waals surface area contributed by atoms with Gasteiger partial charge < -0.3 is 0 Å². The topological polar surface area (TPSA) is 38.7 Å². The van der Waals surface area contributed by atoms with Crippen LogP contribution in [0.4, 0.5) is 0 Å². The minimum Gasteiger partial charge on any atom is -0.248 e. The molecule has 0 spiro atoms. The van der Waals surface area contributed by atoms with Gasteiger partial charge in [-0.15, -0.1) is 0 Å². The second kappa shape index (κ2) is 10.8. The van der Waals surface area contributed by atoms with Crippen LogP contribution in [0, 0.1) is 0 Å². The molecular weight excluding hydrogens is 558 g/mol. The lowest BCUT2D eigenvalue weighted by Gasteiger charge is -2.13. The van der Waals surface area contributed by atoms with E-state index in [1.54, 1.807) is 0 Å². The number of hydrogen-bond acceptors (Lipinski definition) is 3. The molecule has 0 saturated carbocycles. The van der Waals surface area contributed by atoms with E-state index in [2.05, 4.69) is 152 Å². The summed E-state index contributed by atoms with van der Waals surface area (Å²) in [6, 6.07) is 57.3. The molecule has 3 heterocycles. The zero-order chi connectivity index (χ0) is 30.5. The van der Waals surface area contributed by atoms with E-state index in [1.807, 2.05) is 12.1 Å². The first-order chi connectivity index (χ1) is 22.8. The van der Waals surface area contributed by atoms with Gasteiger partial charge in [-0.2, -0.15) is 0 Å². The average Bonchev–Trinajstić information content (AvgIpc) is 3.14. The van der Waals surface area contributed by atoms with Crippen molar-refractivity contribution in [1.82, 2.24) is 15.0 Å². The number of para-hydroxylation sites is 2. The van der Waals surface area contributed by atoms with Crippen LogP contribution in [0.25, 0.3) is 88.4 Å². The first kappa shape index (κ1) is 26.2. The average molecular weight is 586 g/mol. The molecular formula is C43H27N3. The monoisotopic (exact) mass is 585 g/mol. The fourth-order valence-electron chi connectivity index (χ4n) is 6.53. The minimum atomic E-state index is 0.913. The molecule has 9 rings (SSSR count). The summed E-state index contributed by atoms with van der Waals surface area (Å²) in [5.41, 5.74) is 12.6. The number of rotatable bonds is 4. The summed E-state index contributed by atoms with van der Waals surface area (Å²) in [6.07, 6.45) is 0. The third kappa shape index (κ3) is 4.49. The standard InChI is InChI=1S/C43H27N3/c1-2-10-31(11-3-1)41-35-14-5-7-16-40(35)46-43-36(41)24-21-32-23-26-39(45-42(32)43)34-13-8-12-33(27-34)28-17-19-30(20-18-28)38-25-22-29-9-4-6-15-37(29)44-38/h1-27H. The molecule has 9 aromatic rings. The molecule has 0 aliphatic rings. The predicted octanol–water partition coefficient (Wildman–Crippen LogP) is 11.2. The Morgan fingerprint density at radius 1 is 0.304 bits per heavy atom. The molecule has 0 radical (unpaired) electrons. The Morgan fingerprint density at radius 3 is 1.83 bits per heavy atom. The summed E-state index contributed by atoms with van der Waals surface area (Å²) in [5.74, 6) is 0. The van der Waals surface area contributed by atoms with Crippen molar-refractivity contribution in [2.45, 2.75) is 0 Å². The summed E-state index contributed by atoms with van der Waals surface area (Å²) in [5, 5.41) is 4.48. The van der Waals surface area contributed by atoms with Crippen LogP contribution in [0.3, 0.4) is 0 Å². The van der Waals surface area contributed by atoms with Crippen LogP contribution in [0.1, 0.15) is 0 Å². The lowest BCUT2D eigenvalue weighted by atomic mass is 9.95. The van der Waals surface area contributed by atoms with Gasteiger partial charge in [0, 0.05) is 38.2 Å². The summed E-state index contributed by atoms with van der Waals surface area (Å²) in [6.45, 7) is 0. The summed E-state index contributed by atoms with van der Waals surface area (Å²) in [4.78, 5) is 15.3. The zero-order valence-electron chi connectivity index (χ0n) is 24.9. The zero-order valence-corrected chi connectivity index (χ0v) is 24.9. The van der Waals surface area contributed by atoms with E-state index in [4.69, 9.17) is 15.0 Å². The van der Waals surface area contributed by atoms with Gasteiger partial charge in [-0.05, 0) is 47.0 Å². The van der Waals surface area contributed by atoms with Gasteiger partial charge in [0.25, 0.3) is 0 Å². The van der Waals surface area contributed by atoms with Gasteiger partial charge in [0.15, 0.2) is 0 Å². The van der Waals surface area contributed by atoms with Crippen LogP contribution >= 0.6 is 0 Å². The Kier molecular flexibility index (Phi) is 6.14. The normalized spacial score (nSPS) is 11.5. The van der Waals surface area contributed by atoms with E-state index in [0.29, 0.717) is 0 Å². The molecule has 46 heavy (non-hydrogen) atoms. The van der Waals surface area contributed by atoms with Gasteiger partial charge in [0.05, 0.1) is 33.5 Å². The Morgan fingerprint density at radius 2 is 0.957 bits per heavy atom. The number of nitrogens with zero attached hydrogens (tertiary/aromatic N) is 3. The fraction of sp³-hybridized carbons (Fsp3) is 0. The lowest BCUT2D eigenvalue weighted by Crippen LogP contribution is -1.93. The van der Waals surface area contributed by atoms with Crippen LogP contribution in [-0.2, 0) is 0 Å². The Hall–Kier alpha value is -6.19. The highest BCUT2D eigenvalue weighted by Gasteiger charge is 2.15. The van der Waals surface area contributed by atoms with Gasteiger partial charge in [0.2, 0.25) is 0 Å². The van der Waals surface area contributed by atoms with E-state index >= 15 is 0 Å².